The summed E-state index contributed by atoms with van der Waals surface area (Å²) in [5.41, 5.74) is 9.50. The Morgan fingerprint density at radius 1 is 1.38 bits per heavy atom. The maximum atomic E-state index is 13.2. The van der Waals surface area contributed by atoms with Crippen LogP contribution in [0.4, 0.5) is 0 Å². The quantitative estimate of drug-likeness (QED) is 0.471. The number of methoxy groups -OCH3 is 1. The van der Waals surface area contributed by atoms with Gasteiger partial charge >= 0.3 is 5.97 Å². The smallest absolute Gasteiger partial charge is 0.324 e. The maximum absolute atomic E-state index is 13.2. The van der Waals surface area contributed by atoms with E-state index in [0.717, 1.165) is 0 Å². The number of benzene rings is 1. The Hall–Kier alpha value is -2.65. The fourth-order valence-electron chi connectivity index (χ4n) is 3.14. The van der Waals surface area contributed by atoms with Crippen LogP contribution < -0.4 is 16.5 Å². The van der Waals surface area contributed by atoms with Crippen molar-refractivity contribution in [2.75, 3.05) is 13.7 Å². The number of aromatic hydroxyl groups is 1. The van der Waals surface area contributed by atoms with Crippen LogP contribution in [-0.2, 0) is 25.5 Å². The molecule has 3 unspecified atom stereocenters. The van der Waals surface area contributed by atoms with E-state index in [1.165, 1.54) is 24.3 Å². The van der Waals surface area contributed by atoms with Crippen LogP contribution in [0, 0.1) is 5.92 Å². The number of nitrogens with zero attached hydrogens (tertiary/aromatic N) is 1. The number of rotatable bonds is 7. The first-order valence-corrected chi connectivity index (χ1v) is 9.72. The molecule has 5 N–H and O–H groups in total. The van der Waals surface area contributed by atoms with Crippen LogP contribution in [0.2, 0.25) is 0 Å². The summed E-state index contributed by atoms with van der Waals surface area (Å²) in [6.45, 7) is 4.04. The van der Waals surface area contributed by atoms with Crippen LogP contribution in [0.15, 0.2) is 24.3 Å². The molecule has 1 aromatic rings. The highest BCUT2D eigenvalue weighted by Gasteiger charge is 2.33. The van der Waals surface area contributed by atoms with E-state index in [-0.39, 0.29) is 24.0 Å². The molecule has 1 fully saturated rings. The molecular weight excluding hydrogens is 376 g/mol. The van der Waals surface area contributed by atoms with Crippen LogP contribution in [0.25, 0.3) is 0 Å². The van der Waals surface area contributed by atoms with E-state index in [1.54, 1.807) is 12.1 Å². The van der Waals surface area contributed by atoms with Crippen molar-refractivity contribution in [1.29, 1.82) is 0 Å². The lowest BCUT2D eigenvalue weighted by atomic mass is 10.0. The number of ether oxygens (including phenoxy) is 1. The molecule has 1 aromatic carbocycles. The molecule has 0 radical (unpaired) electrons. The minimum absolute atomic E-state index is 0.0701. The molecule has 29 heavy (non-hydrogen) atoms. The molecule has 160 valence electrons. The van der Waals surface area contributed by atoms with Crippen LogP contribution in [0.5, 0.6) is 5.75 Å². The van der Waals surface area contributed by atoms with Crippen molar-refractivity contribution in [2.24, 2.45) is 11.7 Å². The molecule has 2 amide bonds. The van der Waals surface area contributed by atoms with Gasteiger partial charge in [0, 0.05) is 13.0 Å². The van der Waals surface area contributed by atoms with Gasteiger partial charge in [0.25, 0.3) is 5.91 Å². The first-order chi connectivity index (χ1) is 13.7. The number of hydrazine groups is 1. The standard InChI is InChI=1S/C20H30N4O5/c1-12(2)17(21)18(26)22-16(11-13-6-4-7-14(25)10-13)19(27)24-9-5-8-15(23-24)20(28)29-3/h4,6-7,10,12,15-17,23,25H,5,8-9,11,21H2,1-3H3,(H,22,26). The average molecular weight is 406 g/mol. The van der Waals surface area contributed by atoms with Crippen LogP contribution in [0.3, 0.4) is 0 Å². The monoisotopic (exact) mass is 406 g/mol. The molecule has 0 spiro atoms. The summed E-state index contributed by atoms with van der Waals surface area (Å²) >= 11 is 0. The molecule has 2 rings (SSSR count). The third-order valence-corrected chi connectivity index (χ3v) is 4.92. The number of nitrogens with two attached hydrogens (primary N) is 1. The lowest BCUT2D eigenvalue weighted by Gasteiger charge is -2.35. The molecular formula is C20H30N4O5. The van der Waals surface area contributed by atoms with Gasteiger partial charge in [-0.2, -0.15) is 0 Å². The molecule has 3 atom stereocenters. The van der Waals surface area contributed by atoms with E-state index < -0.39 is 30.0 Å². The Bertz CT molecular complexity index is 739. The van der Waals surface area contributed by atoms with Gasteiger partial charge in [0.2, 0.25) is 5.91 Å². The molecule has 0 aliphatic carbocycles. The molecule has 1 heterocycles. The van der Waals surface area contributed by atoms with Gasteiger partial charge in [-0.1, -0.05) is 26.0 Å². The van der Waals surface area contributed by atoms with Gasteiger partial charge in [-0.25, -0.2) is 5.43 Å². The van der Waals surface area contributed by atoms with Crippen molar-refractivity contribution >= 4 is 17.8 Å². The molecule has 0 aromatic heterocycles. The van der Waals surface area contributed by atoms with Gasteiger partial charge in [0.15, 0.2) is 0 Å². The van der Waals surface area contributed by atoms with Gasteiger partial charge in [-0.15, -0.1) is 0 Å². The van der Waals surface area contributed by atoms with Crippen LogP contribution in [-0.4, -0.2) is 59.7 Å². The van der Waals surface area contributed by atoms with Crippen LogP contribution >= 0.6 is 0 Å². The summed E-state index contributed by atoms with van der Waals surface area (Å²) in [5.74, 6) is -1.28. The lowest BCUT2D eigenvalue weighted by Crippen LogP contribution is -2.61. The molecule has 1 aliphatic heterocycles. The van der Waals surface area contributed by atoms with E-state index in [9.17, 15) is 19.5 Å². The van der Waals surface area contributed by atoms with E-state index in [1.807, 2.05) is 13.8 Å². The summed E-state index contributed by atoms with van der Waals surface area (Å²) in [6.07, 6.45) is 1.35. The summed E-state index contributed by atoms with van der Waals surface area (Å²) in [5, 5.41) is 13.8. The first kappa shape index (κ1) is 22.6. The zero-order valence-electron chi connectivity index (χ0n) is 17.1. The zero-order chi connectivity index (χ0) is 21.6. The number of hydrogen-bond acceptors (Lipinski definition) is 7. The van der Waals surface area contributed by atoms with Crippen molar-refractivity contribution in [3.05, 3.63) is 29.8 Å². The molecule has 1 aliphatic rings. The largest absolute Gasteiger partial charge is 0.508 e. The molecule has 9 heteroatoms. The molecule has 0 saturated carbocycles. The Kier molecular flexibility index (Phi) is 7.98. The van der Waals surface area contributed by atoms with Gasteiger partial charge in [-0.3, -0.25) is 19.4 Å². The number of phenols is 1. The number of phenolic OH excluding ortho intramolecular Hbond substituents is 1. The van der Waals surface area contributed by atoms with Gasteiger partial charge in [-0.05, 0) is 36.5 Å². The Balaban J connectivity index is 2.19. The third kappa shape index (κ3) is 6.16. The SMILES string of the molecule is COC(=O)C1CCCN(C(=O)C(Cc2cccc(O)c2)NC(=O)C(N)C(C)C)N1. The number of hydrogen-bond donors (Lipinski definition) is 4. The highest BCUT2D eigenvalue weighted by atomic mass is 16.5. The second-order valence-corrected chi connectivity index (χ2v) is 7.54. The minimum atomic E-state index is -0.905. The Morgan fingerprint density at radius 2 is 2.10 bits per heavy atom. The van der Waals surface area contributed by atoms with Gasteiger partial charge in [0.05, 0.1) is 13.2 Å². The van der Waals surface area contributed by atoms with E-state index in [4.69, 9.17) is 10.5 Å². The fourth-order valence-corrected chi connectivity index (χ4v) is 3.14. The second kappa shape index (κ2) is 10.2. The highest BCUT2D eigenvalue weighted by Crippen LogP contribution is 2.15. The Labute approximate surface area is 170 Å². The van der Waals surface area contributed by atoms with Crippen molar-refractivity contribution in [1.82, 2.24) is 15.8 Å². The number of carbonyl (C=O) groups excluding carboxylic acids is 3. The topological polar surface area (TPSA) is 134 Å². The lowest BCUT2D eigenvalue weighted by molar-refractivity contribution is -0.151. The summed E-state index contributed by atoms with van der Waals surface area (Å²) in [4.78, 5) is 37.5. The summed E-state index contributed by atoms with van der Waals surface area (Å²) in [6, 6.07) is 4.21. The highest BCUT2D eigenvalue weighted by molar-refractivity contribution is 5.90. The number of nitrogens with one attached hydrogen (secondary N) is 2. The summed E-state index contributed by atoms with van der Waals surface area (Å²) in [7, 11) is 1.29. The summed E-state index contributed by atoms with van der Waals surface area (Å²) < 4.78 is 4.76. The molecule has 1 saturated heterocycles. The molecule has 9 nitrogen and oxygen atoms in total. The second-order valence-electron chi connectivity index (χ2n) is 7.54. The van der Waals surface area contributed by atoms with Gasteiger partial charge < -0.3 is 20.9 Å². The predicted molar refractivity (Wildman–Crippen MR) is 106 cm³/mol. The third-order valence-electron chi connectivity index (χ3n) is 4.92. The number of esters is 1. The fraction of sp³-hybridized carbons (Fsp3) is 0.550. The number of carbonyl (C=O) groups is 3. The van der Waals surface area contributed by atoms with Crippen molar-refractivity contribution < 1.29 is 24.2 Å². The number of amides is 2. The minimum Gasteiger partial charge on any atom is -0.508 e. The maximum Gasteiger partial charge on any atom is 0.324 e. The van der Waals surface area contributed by atoms with E-state index in [2.05, 4.69) is 10.7 Å². The normalized spacial score (nSPS) is 18.8. The van der Waals surface area contributed by atoms with Crippen molar-refractivity contribution in [2.45, 2.75) is 51.2 Å². The molecule has 0 bridgehead atoms. The van der Waals surface area contributed by atoms with E-state index >= 15 is 0 Å². The van der Waals surface area contributed by atoms with Crippen molar-refractivity contribution in [3.8, 4) is 5.75 Å². The van der Waals surface area contributed by atoms with Crippen LogP contribution in [0.1, 0.15) is 32.3 Å². The first-order valence-electron chi connectivity index (χ1n) is 9.72. The average Bonchev–Trinajstić information content (AvgIpc) is 2.71. The van der Waals surface area contributed by atoms with E-state index in [0.29, 0.717) is 24.9 Å². The van der Waals surface area contributed by atoms with Gasteiger partial charge in [0.1, 0.15) is 17.8 Å². The Morgan fingerprint density at radius 3 is 2.72 bits per heavy atom. The van der Waals surface area contributed by atoms with Crippen molar-refractivity contribution in [3.63, 3.8) is 0 Å². The zero-order valence-corrected chi connectivity index (χ0v) is 17.1. The predicted octanol–water partition coefficient (Wildman–Crippen LogP) is 0.0714.